The summed E-state index contributed by atoms with van der Waals surface area (Å²) in [6.07, 6.45) is 3.12. The van der Waals surface area contributed by atoms with Crippen LogP contribution in [0.15, 0.2) is 48.8 Å². The number of hydrogen-bond acceptors (Lipinski definition) is 6. The molecule has 0 saturated carbocycles. The number of carbonyl (C=O) groups excluding carboxylic acids is 1. The number of nitrogens with one attached hydrogen (secondary N) is 1. The number of anilines is 2. The minimum absolute atomic E-state index is 0.178. The number of aryl methyl sites for hydroxylation is 1. The van der Waals surface area contributed by atoms with Crippen LogP contribution in [0.3, 0.4) is 0 Å². The highest BCUT2D eigenvalue weighted by Gasteiger charge is 2.22. The first-order valence-corrected chi connectivity index (χ1v) is 9.21. The van der Waals surface area contributed by atoms with Crippen molar-refractivity contribution in [2.75, 3.05) is 11.1 Å². The molecule has 0 aliphatic heterocycles. The van der Waals surface area contributed by atoms with Crippen LogP contribution in [0.2, 0.25) is 0 Å². The highest BCUT2D eigenvalue weighted by atomic mass is 16.1. The highest BCUT2D eigenvalue weighted by molar-refractivity contribution is 6.04. The lowest BCUT2D eigenvalue weighted by Gasteiger charge is -2.15. The summed E-state index contributed by atoms with van der Waals surface area (Å²) >= 11 is 0. The van der Waals surface area contributed by atoms with E-state index in [1.165, 1.54) is 6.20 Å². The third-order valence-corrected chi connectivity index (χ3v) is 4.79. The van der Waals surface area contributed by atoms with Crippen LogP contribution < -0.4 is 11.1 Å². The summed E-state index contributed by atoms with van der Waals surface area (Å²) in [5, 5.41) is 21.4. The number of rotatable bonds is 4. The van der Waals surface area contributed by atoms with Crippen LogP contribution in [0.1, 0.15) is 41.0 Å². The summed E-state index contributed by atoms with van der Waals surface area (Å²) in [6, 6.07) is 14.6. The molecule has 30 heavy (non-hydrogen) atoms. The Labute approximate surface area is 174 Å². The third kappa shape index (κ3) is 4.11. The molecule has 0 aliphatic rings. The van der Waals surface area contributed by atoms with Crippen LogP contribution in [0.25, 0.3) is 11.1 Å². The number of nitrogens with zero attached hydrogens (tertiary/aromatic N) is 4. The minimum Gasteiger partial charge on any atom is -0.383 e. The van der Waals surface area contributed by atoms with Crippen LogP contribution in [-0.2, 0) is 5.41 Å². The fourth-order valence-corrected chi connectivity index (χ4v) is 2.90. The summed E-state index contributed by atoms with van der Waals surface area (Å²) in [5.41, 5.74) is 9.27. The highest BCUT2D eigenvalue weighted by Crippen LogP contribution is 2.28. The lowest BCUT2D eigenvalue weighted by Crippen LogP contribution is -2.18. The number of pyridine rings is 2. The first-order chi connectivity index (χ1) is 14.2. The van der Waals surface area contributed by atoms with Gasteiger partial charge in [-0.15, -0.1) is 0 Å². The molecule has 0 aliphatic carbocycles. The normalized spacial score (nSPS) is 10.7. The summed E-state index contributed by atoms with van der Waals surface area (Å²) < 4.78 is 0. The molecule has 0 spiro atoms. The van der Waals surface area contributed by atoms with E-state index in [1.54, 1.807) is 44.3 Å². The number of nitrogens with two attached hydrogens (primary N) is 1. The number of benzene rings is 1. The van der Waals surface area contributed by atoms with E-state index in [4.69, 9.17) is 5.73 Å². The average Bonchev–Trinajstić information content (AvgIpc) is 2.75. The molecule has 0 saturated heterocycles. The Morgan fingerprint density at radius 1 is 1.13 bits per heavy atom. The molecule has 0 atom stereocenters. The van der Waals surface area contributed by atoms with Crippen molar-refractivity contribution >= 4 is 17.4 Å². The van der Waals surface area contributed by atoms with Crippen LogP contribution in [0.5, 0.6) is 0 Å². The topological polar surface area (TPSA) is 128 Å². The molecule has 148 valence electrons. The Hall–Kier alpha value is -4.23. The predicted octanol–water partition coefficient (Wildman–Crippen LogP) is 3.96. The molecule has 7 nitrogen and oxygen atoms in total. The van der Waals surface area contributed by atoms with E-state index in [2.05, 4.69) is 21.4 Å². The molecule has 0 unspecified atom stereocenters. The molecule has 1 amide bonds. The number of nitriles is 2. The van der Waals surface area contributed by atoms with Gasteiger partial charge in [0.1, 0.15) is 11.9 Å². The maximum absolute atomic E-state index is 12.8. The minimum atomic E-state index is -0.798. The number of hydrogen-bond donors (Lipinski definition) is 2. The second-order valence-electron chi connectivity index (χ2n) is 7.42. The van der Waals surface area contributed by atoms with E-state index in [9.17, 15) is 15.3 Å². The van der Waals surface area contributed by atoms with Gasteiger partial charge >= 0.3 is 0 Å². The lowest BCUT2D eigenvalue weighted by atomic mass is 9.90. The maximum atomic E-state index is 12.8. The standard InChI is InChI=1S/C23H20N6O/c1-14-4-5-18(10-19(14)17-8-16(11-24)21(26)28-12-17)29-22(30)15-6-7-27-20(9-15)23(2,3)13-25/h4-10,12H,1-3H3,(H2,26,28)(H,29,30). The van der Waals surface area contributed by atoms with E-state index >= 15 is 0 Å². The van der Waals surface area contributed by atoms with Crippen molar-refractivity contribution in [2.24, 2.45) is 0 Å². The monoisotopic (exact) mass is 396 g/mol. The van der Waals surface area contributed by atoms with Crippen molar-refractivity contribution in [1.29, 1.82) is 10.5 Å². The molecule has 7 heteroatoms. The zero-order valence-corrected chi connectivity index (χ0v) is 16.9. The van der Waals surface area contributed by atoms with Gasteiger partial charge < -0.3 is 11.1 Å². The fourth-order valence-electron chi connectivity index (χ4n) is 2.90. The lowest BCUT2D eigenvalue weighted by molar-refractivity contribution is 0.102. The number of aromatic nitrogens is 2. The Morgan fingerprint density at radius 3 is 2.60 bits per heavy atom. The van der Waals surface area contributed by atoms with Gasteiger partial charge in [-0.25, -0.2) is 4.98 Å². The molecule has 0 radical (unpaired) electrons. The summed E-state index contributed by atoms with van der Waals surface area (Å²) in [7, 11) is 0. The van der Waals surface area contributed by atoms with E-state index in [0.29, 0.717) is 22.5 Å². The smallest absolute Gasteiger partial charge is 0.255 e. The Morgan fingerprint density at radius 2 is 1.90 bits per heavy atom. The second-order valence-corrected chi connectivity index (χ2v) is 7.42. The van der Waals surface area contributed by atoms with Crippen molar-refractivity contribution in [3.63, 3.8) is 0 Å². The molecule has 0 fully saturated rings. The largest absolute Gasteiger partial charge is 0.383 e. The Kier molecular flexibility index (Phi) is 5.48. The van der Waals surface area contributed by atoms with Crippen LogP contribution in [0, 0.1) is 29.6 Å². The molecule has 2 aromatic heterocycles. The Bertz CT molecular complexity index is 1220. The first-order valence-electron chi connectivity index (χ1n) is 9.21. The molecule has 3 rings (SSSR count). The van der Waals surface area contributed by atoms with Gasteiger partial charge in [0, 0.05) is 29.2 Å². The van der Waals surface area contributed by atoms with Gasteiger partial charge in [-0.2, -0.15) is 10.5 Å². The maximum Gasteiger partial charge on any atom is 0.255 e. The molecule has 3 N–H and O–H groups in total. The quantitative estimate of drug-likeness (QED) is 0.687. The number of amides is 1. The van der Waals surface area contributed by atoms with E-state index in [1.807, 2.05) is 25.1 Å². The predicted molar refractivity (Wildman–Crippen MR) is 114 cm³/mol. The molecule has 3 aromatic rings. The second kappa shape index (κ2) is 8.02. The number of nitrogen functional groups attached to an aromatic ring is 1. The molecule has 2 heterocycles. The van der Waals surface area contributed by atoms with Gasteiger partial charge in [-0.05, 0) is 62.2 Å². The fraction of sp³-hybridized carbons (Fsp3) is 0.174. The van der Waals surface area contributed by atoms with Crippen molar-refractivity contribution < 1.29 is 4.79 Å². The summed E-state index contributed by atoms with van der Waals surface area (Å²) in [4.78, 5) is 21.1. The van der Waals surface area contributed by atoms with Gasteiger partial charge in [-0.3, -0.25) is 9.78 Å². The number of carbonyl (C=O) groups is 1. The summed E-state index contributed by atoms with van der Waals surface area (Å²) in [5.74, 6) is -0.132. The summed E-state index contributed by atoms with van der Waals surface area (Å²) in [6.45, 7) is 5.43. The molecular formula is C23H20N6O. The van der Waals surface area contributed by atoms with Crippen LogP contribution in [0.4, 0.5) is 11.5 Å². The molecule has 0 bridgehead atoms. The van der Waals surface area contributed by atoms with Gasteiger partial charge in [0.05, 0.1) is 22.7 Å². The van der Waals surface area contributed by atoms with E-state index in [0.717, 1.165) is 16.7 Å². The molecular weight excluding hydrogens is 376 g/mol. The first kappa shape index (κ1) is 20.5. The van der Waals surface area contributed by atoms with E-state index < -0.39 is 5.41 Å². The van der Waals surface area contributed by atoms with Crippen LogP contribution in [-0.4, -0.2) is 15.9 Å². The van der Waals surface area contributed by atoms with Crippen molar-refractivity contribution in [1.82, 2.24) is 9.97 Å². The molecule has 1 aromatic carbocycles. The average molecular weight is 396 g/mol. The van der Waals surface area contributed by atoms with E-state index in [-0.39, 0.29) is 11.7 Å². The van der Waals surface area contributed by atoms with Crippen molar-refractivity contribution in [3.05, 3.63) is 71.2 Å². The third-order valence-electron chi connectivity index (χ3n) is 4.79. The van der Waals surface area contributed by atoms with Crippen molar-refractivity contribution in [3.8, 4) is 23.3 Å². The van der Waals surface area contributed by atoms with Crippen molar-refractivity contribution in [2.45, 2.75) is 26.2 Å². The Balaban J connectivity index is 1.91. The van der Waals surface area contributed by atoms with Gasteiger partial charge in [0.15, 0.2) is 0 Å². The SMILES string of the molecule is Cc1ccc(NC(=O)c2ccnc(C(C)(C)C#N)c2)cc1-c1cnc(N)c(C#N)c1. The van der Waals surface area contributed by atoms with Gasteiger partial charge in [-0.1, -0.05) is 6.07 Å². The van der Waals surface area contributed by atoms with Crippen LogP contribution >= 0.6 is 0 Å². The van der Waals surface area contributed by atoms with Gasteiger partial charge in [0.25, 0.3) is 5.91 Å². The zero-order valence-electron chi connectivity index (χ0n) is 16.9. The van der Waals surface area contributed by atoms with Gasteiger partial charge in [0.2, 0.25) is 0 Å². The zero-order chi connectivity index (χ0) is 21.9.